The van der Waals surface area contributed by atoms with E-state index in [4.69, 9.17) is 5.26 Å². The molecule has 0 bridgehead atoms. The van der Waals surface area contributed by atoms with Crippen LogP contribution in [0.25, 0.3) is 6.08 Å². The van der Waals surface area contributed by atoms with Crippen molar-refractivity contribution in [1.29, 1.82) is 5.26 Å². The van der Waals surface area contributed by atoms with Gasteiger partial charge in [-0.2, -0.15) is 5.26 Å². The van der Waals surface area contributed by atoms with E-state index in [1.54, 1.807) is 30.4 Å². The fraction of sp³-hybridized carbons (Fsp3) is 0.167. The SMILES string of the molecule is COC(=O)c1ccc(/C=C(\C#N)C(=O)NC2CC=CC=C2F)cc1. The lowest BCUT2D eigenvalue weighted by Crippen LogP contribution is -2.36. The molecule has 0 aromatic heterocycles. The Balaban J connectivity index is 2.12. The van der Waals surface area contributed by atoms with Crippen LogP contribution in [0.15, 0.2) is 53.9 Å². The Bertz CT molecular complexity index is 770. The van der Waals surface area contributed by atoms with Crippen LogP contribution in [-0.2, 0) is 9.53 Å². The molecule has 2 rings (SSSR count). The molecule has 1 aromatic rings. The van der Waals surface area contributed by atoms with Gasteiger partial charge in [0, 0.05) is 0 Å². The third-order valence-electron chi connectivity index (χ3n) is 3.41. The van der Waals surface area contributed by atoms with Crippen LogP contribution in [0.5, 0.6) is 0 Å². The number of benzene rings is 1. The summed E-state index contributed by atoms with van der Waals surface area (Å²) in [5.41, 5.74) is 0.774. The number of carbonyl (C=O) groups excluding carboxylic acids is 2. The second kappa shape index (κ2) is 7.88. The number of methoxy groups -OCH3 is 1. The van der Waals surface area contributed by atoms with Crippen LogP contribution in [0.3, 0.4) is 0 Å². The van der Waals surface area contributed by atoms with Crippen LogP contribution in [0.4, 0.5) is 4.39 Å². The molecule has 0 spiro atoms. The highest BCUT2D eigenvalue weighted by atomic mass is 19.1. The topological polar surface area (TPSA) is 79.2 Å². The molecule has 1 amide bonds. The van der Waals surface area contributed by atoms with E-state index in [9.17, 15) is 14.0 Å². The second-order valence-corrected chi connectivity index (χ2v) is 5.02. The number of hydrogen-bond acceptors (Lipinski definition) is 4. The van der Waals surface area contributed by atoms with Crippen LogP contribution >= 0.6 is 0 Å². The van der Waals surface area contributed by atoms with E-state index >= 15 is 0 Å². The Kier molecular flexibility index (Phi) is 5.63. The Morgan fingerprint density at radius 3 is 2.67 bits per heavy atom. The molecule has 0 saturated carbocycles. The lowest BCUT2D eigenvalue weighted by molar-refractivity contribution is -0.117. The molecule has 1 atom stereocenters. The number of amides is 1. The third kappa shape index (κ3) is 4.17. The first-order valence-corrected chi connectivity index (χ1v) is 7.18. The lowest BCUT2D eigenvalue weighted by atomic mass is 10.1. The number of allylic oxidation sites excluding steroid dienone is 2. The molecule has 1 N–H and O–H groups in total. The van der Waals surface area contributed by atoms with Crippen LogP contribution in [0.2, 0.25) is 0 Å². The summed E-state index contributed by atoms with van der Waals surface area (Å²) >= 11 is 0. The van der Waals surface area contributed by atoms with Crippen molar-refractivity contribution in [2.45, 2.75) is 12.5 Å². The van der Waals surface area contributed by atoms with E-state index in [2.05, 4.69) is 10.1 Å². The van der Waals surface area contributed by atoms with Gasteiger partial charge in [0.1, 0.15) is 17.5 Å². The van der Waals surface area contributed by atoms with Crippen molar-refractivity contribution in [2.24, 2.45) is 0 Å². The molecule has 24 heavy (non-hydrogen) atoms. The molecule has 0 heterocycles. The number of halogens is 1. The number of nitrogens with one attached hydrogen (secondary N) is 1. The molecule has 6 heteroatoms. The average Bonchev–Trinajstić information content (AvgIpc) is 2.61. The smallest absolute Gasteiger partial charge is 0.337 e. The minimum Gasteiger partial charge on any atom is -0.465 e. The molecule has 0 fully saturated rings. The van der Waals surface area contributed by atoms with Crippen LogP contribution in [0.1, 0.15) is 22.3 Å². The van der Waals surface area contributed by atoms with Crippen molar-refractivity contribution in [2.75, 3.05) is 7.11 Å². The van der Waals surface area contributed by atoms with E-state index in [-0.39, 0.29) is 5.57 Å². The van der Waals surface area contributed by atoms with Crippen molar-refractivity contribution < 1.29 is 18.7 Å². The third-order valence-corrected chi connectivity index (χ3v) is 3.41. The minimum absolute atomic E-state index is 0.150. The maximum Gasteiger partial charge on any atom is 0.337 e. The molecular weight excluding hydrogens is 311 g/mol. The van der Waals surface area contributed by atoms with Gasteiger partial charge in [-0.1, -0.05) is 24.3 Å². The van der Waals surface area contributed by atoms with Crippen LogP contribution < -0.4 is 5.32 Å². The zero-order valence-corrected chi connectivity index (χ0v) is 13.0. The van der Waals surface area contributed by atoms with Gasteiger partial charge in [-0.15, -0.1) is 0 Å². The van der Waals surface area contributed by atoms with Gasteiger partial charge in [-0.25, -0.2) is 9.18 Å². The Morgan fingerprint density at radius 1 is 1.38 bits per heavy atom. The predicted molar refractivity (Wildman–Crippen MR) is 86.3 cm³/mol. The average molecular weight is 326 g/mol. The predicted octanol–water partition coefficient (Wildman–Crippen LogP) is 2.68. The number of carbonyl (C=O) groups is 2. The van der Waals surface area contributed by atoms with Gasteiger partial charge in [0.05, 0.1) is 18.7 Å². The van der Waals surface area contributed by atoms with Gasteiger partial charge in [-0.05, 0) is 36.3 Å². The first-order valence-electron chi connectivity index (χ1n) is 7.18. The van der Waals surface area contributed by atoms with Crippen molar-refractivity contribution in [3.63, 3.8) is 0 Å². The minimum atomic E-state index is -0.763. The zero-order chi connectivity index (χ0) is 17.5. The number of hydrogen-bond donors (Lipinski definition) is 1. The fourth-order valence-corrected chi connectivity index (χ4v) is 2.12. The summed E-state index contributed by atoms with van der Waals surface area (Å²) in [7, 11) is 1.28. The van der Waals surface area contributed by atoms with Gasteiger partial charge in [0.25, 0.3) is 5.91 Å². The molecule has 0 radical (unpaired) electrons. The van der Waals surface area contributed by atoms with Crippen molar-refractivity contribution >= 4 is 18.0 Å². The lowest BCUT2D eigenvalue weighted by Gasteiger charge is -2.17. The zero-order valence-electron chi connectivity index (χ0n) is 13.0. The molecule has 1 unspecified atom stereocenters. The molecule has 5 nitrogen and oxygen atoms in total. The van der Waals surface area contributed by atoms with Gasteiger partial charge in [0.2, 0.25) is 0 Å². The largest absolute Gasteiger partial charge is 0.465 e. The van der Waals surface area contributed by atoms with E-state index in [0.717, 1.165) is 0 Å². The van der Waals surface area contributed by atoms with E-state index in [1.807, 2.05) is 0 Å². The summed E-state index contributed by atoms with van der Waals surface area (Å²) < 4.78 is 18.2. The number of ether oxygens (including phenoxy) is 1. The number of esters is 1. The summed E-state index contributed by atoms with van der Waals surface area (Å²) in [6.45, 7) is 0. The molecule has 1 aromatic carbocycles. The Labute approximate surface area is 138 Å². The highest BCUT2D eigenvalue weighted by Crippen LogP contribution is 2.15. The summed E-state index contributed by atoms with van der Waals surface area (Å²) in [5.74, 6) is -1.58. The fourth-order valence-electron chi connectivity index (χ4n) is 2.12. The van der Waals surface area contributed by atoms with E-state index < -0.39 is 23.7 Å². The van der Waals surface area contributed by atoms with Crippen LogP contribution in [0, 0.1) is 11.3 Å². The standard InChI is InChI=1S/C18H15FN2O3/c1-24-18(23)13-8-6-12(7-9-13)10-14(11-20)17(22)21-16-5-3-2-4-15(16)19/h2-4,6-10,16H,5H2,1H3,(H,21,22)/b14-10+. The maximum absolute atomic E-state index is 13.6. The monoisotopic (exact) mass is 326 g/mol. The number of nitriles is 1. The second-order valence-electron chi connectivity index (χ2n) is 5.02. The van der Waals surface area contributed by atoms with Gasteiger partial charge in [-0.3, -0.25) is 4.79 Å². The van der Waals surface area contributed by atoms with E-state index in [1.165, 1.54) is 31.4 Å². The van der Waals surface area contributed by atoms with E-state index in [0.29, 0.717) is 17.5 Å². The molecule has 122 valence electrons. The quantitative estimate of drug-likeness (QED) is 0.524. The molecular formula is C18H15FN2O3. The number of nitrogens with zero attached hydrogens (tertiary/aromatic N) is 1. The molecule has 1 aliphatic carbocycles. The van der Waals surface area contributed by atoms with Crippen LogP contribution in [-0.4, -0.2) is 25.0 Å². The normalized spacial score (nSPS) is 16.8. The molecule has 0 aliphatic heterocycles. The Hall–Kier alpha value is -3.20. The Morgan fingerprint density at radius 2 is 2.08 bits per heavy atom. The van der Waals surface area contributed by atoms with Gasteiger partial charge < -0.3 is 10.1 Å². The highest BCUT2D eigenvalue weighted by Gasteiger charge is 2.19. The highest BCUT2D eigenvalue weighted by molar-refractivity contribution is 6.02. The van der Waals surface area contributed by atoms with Gasteiger partial charge >= 0.3 is 5.97 Å². The first-order chi connectivity index (χ1) is 11.5. The molecule has 0 saturated heterocycles. The maximum atomic E-state index is 13.6. The van der Waals surface area contributed by atoms with Gasteiger partial charge in [0.15, 0.2) is 0 Å². The summed E-state index contributed by atoms with van der Waals surface area (Å²) in [4.78, 5) is 23.5. The van der Waals surface area contributed by atoms with Crippen molar-refractivity contribution in [1.82, 2.24) is 5.32 Å². The summed E-state index contributed by atoms with van der Waals surface area (Å²) in [6, 6.07) is 7.26. The summed E-state index contributed by atoms with van der Waals surface area (Å²) in [6.07, 6.45) is 6.28. The number of rotatable bonds is 4. The summed E-state index contributed by atoms with van der Waals surface area (Å²) in [5, 5.41) is 11.6. The van der Waals surface area contributed by atoms with Crippen molar-refractivity contribution in [3.8, 4) is 6.07 Å². The van der Waals surface area contributed by atoms with Crippen molar-refractivity contribution in [3.05, 3.63) is 65.0 Å². The first kappa shape index (κ1) is 17.2. The molecule has 1 aliphatic rings.